The van der Waals surface area contributed by atoms with Crippen LogP contribution in [0.25, 0.3) is 0 Å². The first-order chi connectivity index (χ1) is 12.0. The van der Waals surface area contributed by atoms with Gasteiger partial charge in [-0.1, -0.05) is 31.7 Å². The van der Waals surface area contributed by atoms with E-state index in [1.54, 1.807) is 17.5 Å². The topological polar surface area (TPSA) is 78.5 Å². The number of rotatable bonds is 4. The van der Waals surface area contributed by atoms with Gasteiger partial charge >= 0.3 is 6.03 Å². The molecule has 0 spiro atoms. The van der Waals surface area contributed by atoms with Gasteiger partial charge in [0.25, 0.3) is 0 Å². The van der Waals surface area contributed by atoms with Crippen molar-refractivity contribution in [1.82, 2.24) is 14.9 Å². The van der Waals surface area contributed by atoms with E-state index >= 15 is 0 Å². The minimum Gasteiger partial charge on any atom is -0.335 e. The normalized spacial score (nSPS) is 21.0. The maximum Gasteiger partial charge on any atom is 0.317 e. The molecule has 0 bridgehead atoms. The fraction of sp³-hybridized carbons (Fsp3) is 0.706. The maximum atomic E-state index is 12.4. The third-order valence-electron chi connectivity index (χ3n) is 5.05. The number of piperidine rings is 1. The van der Waals surface area contributed by atoms with Crippen molar-refractivity contribution in [2.24, 2.45) is 0 Å². The van der Waals surface area contributed by atoms with Crippen LogP contribution in [0.15, 0.2) is 21.7 Å². The van der Waals surface area contributed by atoms with Gasteiger partial charge in [0.1, 0.15) is 4.21 Å². The third-order valence-corrected chi connectivity index (χ3v) is 7.96. The molecule has 1 aromatic rings. The zero-order valence-electron chi connectivity index (χ0n) is 14.4. The highest BCUT2D eigenvalue weighted by molar-refractivity contribution is 7.91. The van der Waals surface area contributed by atoms with Crippen molar-refractivity contribution in [3.8, 4) is 0 Å². The number of thiophene rings is 1. The van der Waals surface area contributed by atoms with Gasteiger partial charge in [-0.05, 0) is 37.1 Å². The number of nitrogens with zero attached hydrogens (tertiary/aromatic N) is 1. The Bertz CT molecular complexity index is 645. The number of nitrogens with one attached hydrogen (secondary N) is 2. The Morgan fingerprint density at radius 2 is 1.72 bits per heavy atom. The minimum atomic E-state index is -3.43. The van der Waals surface area contributed by atoms with E-state index in [4.69, 9.17) is 0 Å². The molecule has 1 aliphatic carbocycles. The second-order valence-electron chi connectivity index (χ2n) is 6.95. The number of amides is 2. The Labute approximate surface area is 154 Å². The highest BCUT2D eigenvalue weighted by Crippen LogP contribution is 2.20. The fourth-order valence-electron chi connectivity index (χ4n) is 3.58. The number of hydrogen-bond acceptors (Lipinski definition) is 4. The molecule has 2 fully saturated rings. The van der Waals surface area contributed by atoms with Crippen LogP contribution in [0, 0.1) is 0 Å². The molecule has 0 unspecified atom stereocenters. The van der Waals surface area contributed by atoms with Gasteiger partial charge in [-0.3, -0.25) is 0 Å². The molecule has 3 rings (SSSR count). The molecule has 2 amide bonds. The zero-order valence-corrected chi connectivity index (χ0v) is 16.1. The van der Waals surface area contributed by atoms with Crippen LogP contribution in [0.4, 0.5) is 4.79 Å². The van der Waals surface area contributed by atoms with Gasteiger partial charge in [-0.25, -0.2) is 17.9 Å². The molecule has 0 radical (unpaired) electrons. The molecular weight excluding hydrogens is 358 g/mol. The van der Waals surface area contributed by atoms with Crippen LogP contribution in [0.5, 0.6) is 0 Å². The molecule has 1 aromatic heterocycles. The standard InChI is InChI=1S/C17H27N3O3S2/c21-17(18-14-6-3-1-2-4-7-14)20-11-9-15(10-12-20)19-25(22,23)16-8-5-13-24-16/h5,8,13-15,19H,1-4,6-7,9-12H2,(H,18,21). The third kappa shape index (κ3) is 5.18. The summed E-state index contributed by atoms with van der Waals surface area (Å²) in [5, 5.41) is 4.92. The highest BCUT2D eigenvalue weighted by Gasteiger charge is 2.28. The van der Waals surface area contributed by atoms with Crippen LogP contribution in [0.3, 0.4) is 0 Å². The smallest absolute Gasteiger partial charge is 0.317 e. The average Bonchev–Trinajstić information content (AvgIpc) is 3.03. The number of likely N-dealkylation sites (tertiary alicyclic amines) is 1. The lowest BCUT2D eigenvalue weighted by Gasteiger charge is -2.33. The van der Waals surface area contributed by atoms with E-state index in [2.05, 4.69) is 10.0 Å². The Balaban J connectivity index is 1.46. The number of carbonyl (C=O) groups excluding carboxylic acids is 1. The molecule has 2 N–H and O–H groups in total. The Kier molecular flexibility index (Phi) is 6.35. The summed E-state index contributed by atoms with van der Waals surface area (Å²) < 4.78 is 27.7. The molecule has 1 saturated carbocycles. The number of urea groups is 1. The first-order valence-electron chi connectivity index (χ1n) is 9.16. The van der Waals surface area contributed by atoms with E-state index in [0.29, 0.717) is 36.2 Å². The lowest BCUT2D eigenvalue weighted by atomic mass is 10.1. The average molecular weight is 386 g/mol. The largest absolute Gasteiger partial charge is 0.335 e. The quantitative estimate of drug-likeness (QED) is 0.782. The first kappa shape index (κ1) is 18.7. The Morgan fingerprint density at radius 1 is 1.04 bits per heavy atom. The van der Waals surface area contributed by atoms with Crippen LogP contribution < -0.4 is 10.0 Å². The summed E-state index contributed by atoms with van der Waals surface area (Å²) in [6.45, 7) is 1.19. The van der Waals surface area contributed by atoms with Gasteiger partial charge in [-0.2, -0.15) is 0 Å². The number of sulfonamides is 1. The number of hydrogen-bond donors (Lipinski definition) is 2. The summed E-state index contributed by atoms with van der Waals surface area (Å²) >= 11 is 1.22. The predicted octanol–water partition coefficient (Wildman–Crippen LogP) is 2.92. The van der Waals surface area contributed by atoms with E-state index in [1.807, 2.05) is 4.90 Å². The SMILES string of the molecule is O=C(NC1CCCCCC1)N1CCC(NS(=O)(=O)c2cccs2)CC1. The molecule has 140 valence electrons. The van der Waals surface area contributed by atoms with Crippen molar-refractivity contribution in [2.75, 3.05) is 13.1 Å². The first-order valence-corrected chi connectivity index (χ1v) is 11.5. The van der Waals surface area contributed by atoms with E-state index < -0.39 is 10.0 Å². The van der Waals surface area contributed by atoms with E-state index in [9.17, 15) is 13.2 Å². The maximum absolute atomic E-state index is 12.4. The fourth-order valence-corrected chi connectivity index (χ4v) is 5.90. The molecule has 1 aliphatic heterocycles. The van der Waals surface area contributed by atoms with Crippen LogP contribution >= 0.6 is 11.3 Å². The molecule has 6 nitrogen and oxygen atoms in total. The van der Waals surface area contributed by atoms with Crippen molar-refractivity contribution in [1.29, 1.82) is 0 Å². The summed E-state index contributed by atoms with van der Waals surface area (Å²) in [6, 6.07) is 3.55. The number of carbonyl (C=O) groups is 1. The van der Waals surface area contributed by atoms with Crippen LogP contribution in [0.1, 0.15) is 51.4 Å². The highest BCUT2D eigenvalue weighted by atomic mass is 32.2. The second-order valence-corrected chi connectivity index (χ2v) is 9.84. The van der Waals surface area contributed by atoms with Crippen molar-refractivity contribution >= 4 is 27.4 Å². The molecule has 0 atom stereocenters. The lowest BCUT2D eigenvalue weighted by molar-refractivity contribution is 0.175. The van der Waals surface area contributed by atoms with Gasteiger partial charge in [0.15, 0.2) is 0 Å². The molecule has 2 aliphatic rings. The van der Waals surface area contributed by atoms with Crippen molar-refractivity contribution in [2.45, 2.75) is 67.7 Å². The molecular formula is C17H27N3O3S2. The molecule has 2 heterocycles. The zero-order chi connectivity index (χ0) is 17.7. The van der Waals surface area contributed by atoms with Gasteiger partial charge in [0.2, 0.25) is 10.0 Å². The monoisotopic (exact) mass is 385 g/mol. The molecule has 0 aromatic carbocycles. The van der Waals surface area contributed by atoms with Gasteiger partial charge in [-0.15, -0.1) is 11.3 Å². The second kappa shape index (κ2) is 8.51. The van der Waals surface area contributed by atoms with Gasteiger partial charge < -0.3 is 10.2 Å². The van der Waals surface area contributed by atoms with E-state index in [-0.39, 0.29) is 12.1 Å². The summed E-state index contributed by atoms with van der Waals surface area (Å²) in [6.07, 6.45) is 8.37. The summed E-state index contributed by atoms with van der Waals surface area (Å²) in [7, 11) is -3.43. The Hall–Kier alpha value is -1.12. The summed E-state index contributed by atoms with van der Waals surface area (Å²) in [5.74, 6) is 0. The van der Waals surface area contributed by atoms with E-state index in [0.717, 1.165) is 12.8 Å². The minimum absolute atomic E-state index is 0.00599. The van der Waals surface area contributed by atoms with E-state index in [1.165, 1.54) is 37.0 Å². The predicted molar refractivity (Wildman–Crippen MR) is 99.3 cm³/mol. The van der Waals surface area contributed by atoms with Crippen molar-refractivity contribution in [3.05, 3.63) is 17.5 Å². The summed E-state index contributed by atoms with van der Waals surface area (Å²) in [5.41, 5.74) is 0. The van der Waals surface area contributed by atoms with Crippen molar-refractivity contribution in [3.63, 3.8) is 0 Å². The van der Waals surface area contributed by atoms with Gasteiger partial charge in [0.05, 0.1) is 0 Å². The molecule has 8 heteroatoms. The molecule has 25 heavy (non-hydrogen) atoms. The van der Waals surface area contributed by atoms with Crippen LogP contribution in [0.2, 0.25) is 0 Å². The molecule has 1 saturated heterocycles. The van der Waals surface area contributed by atoms with Crippen molar-refractivity contribution < 1.29 is 13.2 Å². The van der Waals surface area contributed by atoms with Crippen LogP contribution in [-0.2, 0) is 10.0 Å². The summed E-state index contributed by atoms with van der Waals surface area (Å²) in [4.78, 5) is 14.3. The lowest BCUT2D eigenvalue weighted by Crippen LogP contribution is -2.51. The van der Waals surface area contributed by atoms with Crippen LogP contribution in [-0.4, -0.2) is 44.5 Å². The Morgan fingerprint density at radius 3 is 2.32 bits per heavy atom. The van der Waals surface area contributed by atoms with Gasteiger partial charge in [0, 0.05) is 25.2 Å².